The number of rotatable bonds is 7. The molecule has 1 aliphatic heterocycles. The number of hydrogen-bond donors (Lipinski definition) is 2. The van der Waals surface area contributed by atoms with Gasteiger partial charge in [-0.15, -0.1) is 24.0 Å². The molecule has 0 amide bonds. The zero-order valence-electron chi connectivity index (χ0n) is 15.9. The molecule has 0 bridgehead atoms. The fraction of sp³-hybridized carbons (Fsp3) is 0.632. The molecule has 1 aromatic carbocycles. The molecule has 0 atom stereocenters. The van der Waals surface area contributed by atoms with E-state index in [0.717, 1.165) is 32.0 Å². The number of piperazine rings is 1. The average Bonchev–Trinajstić information content (AvgIpc) is 2.59. The molecule has 2 N–H and O–H groups in total. The monoisotopic (exact) mass is 459 g/mol. The Bertz CT molecular complexity index is 484. The van der Waals surface area contributed by atoms with E-state index in [0.29, 0.717) is 6.04 Å². The number of halogens is 1. The summed E-state index contributed by atoms with van der Waals surface area (Å²) in [6.45, 7) is 12.1. The molecule has 25 heavy (non-hydrogen) atoms. The fourth-order valence-electron chi connectivity index (χ4n) is 2.99. The van der Waals surface area contributed by atoms with Crippen molar-refractivity contribution in [3.8, 4) is 0 Å². The van der Waals surface area contributed by atoms with E-state index in [2.05, 4.69) is 69.6 Å². The van der Waals surface area contributed by atoms with E-state index in [4.69, 9.17) is 0 Å². The standard InChI is InChI=1S/C19H33N5.HI/c1-17(2)22-19(20-3)21-10-7-11-23-12-14-24(15-13-23)16-18-8-5-4-6-9-18;/h4-6,8-9,17H,7,10-16H2,1-3H3,(H2,20,21,22);1H. The Balaban J connectivity index is 0.00000312. The van der Waals surface area contributed by atoms with Gasteiger partial charge in [0.1, 0.15) is 0 Å². The summed E-state index contributed by atoms with van der Waals surface area (Å²) >= 11 is 0. The van der Waals surface area contributed by atoms with Crippen LogP contribution in [0.5, 0.6) is 0 Å². The van der Waals surface area contributed by atoms with Crippen LogP contribution in [-0.4, -0.2) is 68.1 Å². The van der Waals surface area contributed by atoms with Crippen LogP contribution in [0, 0.1) is 0 Å². The normalized spacial score (nSPS) is 16.6. The quantitative estimate of drug-likeness (QED) is 0.285. The number of nitrogens with zero attached hydrogens (tertiary/aromatic N) is 3. The van der Waals surface area contributed by atoms with Crippen LogP contribution in [0.4, 0.5) is 0 Å². The van der Waals surface area contributed by atoms with E-state index in [1.54, 1.807) is 0 Å². The second-order valence-corrected chi connectivity index (χ2v) is 6.75. The summed E-state index contributed by atoms with van der Waals surface area (Å²) in [5, 5.41) is 6.70. The highest BCUT2D eigenvalue weighted by Gasteiger charge is 2.16. The molecular weight excluding hydrogens is 425 g/mol. The maximum absolute atomic E-state index is 4.24. The van der Waals surface area contributed by atoms with Crippen molar-refractivity contribution in [2.24, 2.45) is 4.99 Å². The Morgan fingerprint density at radius 1 is 1.08 bits per heavy atom. The van der Waals surface area contributed by atoms with Crippen molar-refractivity contribution >= 4 is 29.9 Å². The summed E-state index contributed by atoms with van der Waals surface area (Å²) in [6, 6.07) is 11.2. The molecule has 0 radical (unpaired) electrons. The Labute approximate surface area is 170 Å². The maximum Gasteiger partial charge on any atom is 0.191 e. The van der Waals surface area contributed by atoms with Gasteiger partial charge in [0.25, 0.3) is 0 Å². The number of aliphatic imine (C=N–C) groups is 1. The highest BCUT2D eigenvalue weighted by atomic mass is 127. The number of nitrogens with one attached hydrogen (secondary N) is 2. The summed E-state index contributed by atoms with van der Waals surface area (Å²) in [5.41, 5.74) is 1.42. The topological polar surface area (TPSA) is 42.9 Å². The van der Waals surface area contributed by atoms with Crippen LogP contribution in [0.1, 0.15) is 25.8 Å². The third-order valence-electron chi connectivity index (χ3n) is 4.31. The largest absolute Gasteiger partial charge is 0.356 e. The molecule has 1 heterocycles. The Morgan fingerprint density at radius 2 is 1.72 bits per heavy atom. The minimum Gasteiger partial charge on any atom is -0.356 e. The first kappa shape index (κ1) is 22.2. The van der Waals surface area contributed by atoms with Gasteiger partial charge in [-0.05, 0) is 32.4 Å². The lowest BCUT2D eigenvalue weighted by atomic mass is 10.2. The molecule has 0 spiro atoms. The van der Waals surface area contributed by atoms with Crippen molar-refractivity contribution in [1.82, 2.24) is 20.4 Å². The highest BCUT2D eigenvalue weighted by molar-refractivity contribution is 14.0. The predicted molar refractivity (Wildman–Crippen MR) is 118 cm³/mol. The average molecular weight is 459 g/mol. The Kier molecular flexibility index (Phi) is 11.1. The number of benzene rings is 1. The van der Waals surface area contributed by atoms with E-state index in [-0.39, 0.29) is 24.0 Å². The van der Waals surface area contributed by atoms with E-state index in [1.807, 2.05) is 7.05 Å². The molecule has 1 aromatic rings. The second-order valence-electron chi connectivity index (χ2n) is 6.75. The lowest BCUT2D eigenvalue weighted by molar-refractivity contribution is 0.126. The minimum atomic E-state index is 0. The maximum atomic E-state index is 4.24. The molecular formula is C19H34IN5. The van der Waals surface area contributed by atoms with Gasteiger partial charge >= 0.3 is 0 Å². The third-order valence-corrected chi connectivity index (χ3v) is 4.31. The Hall–Kier alpha value is -0.860. The van der Waals surface area contributed by atoms with Crippen molar-refractivity contribution in [1.29, 1.82) is 0 Å². The smallest absolute Gasteiger partial charge is 0.191 e. The molecule has 1 saturated heterocycles. The molecule has 0 aliphatic carbocycles. The van der Waals surface area contributed by atoms with E-state index in [1.165, 1.54) is 31.7 Å². The van der Waals surface area contributed by atoms with Gasteiger partial charge in [0.15, 0.2) is 5.96 Å². The SMILES string of the molecule is CN=C(NCCCN1CCN(Cc2ccccc2)CC1)NC(C)C.I. The molecule has 0 saturated carbocycles. The van der Waals surface area contributed by atoms with Gasteiger partial charge in [0.05, 0.1) is 0 Å². The summed E-state index contributed by atoms with van der Waals surface area (Å²) in [4.78, 5) is 9.36. The van der Waals surface area contributed by atoms with Crippen molar-refractivity contribution in [3.63, 3.8) is 0 Å². The van der Waals surface area contributed by atoms with Crippen molar-refractivity contribution < 1.29 is 0 Å². The molecule has 142 valence electrons. The number of hydrogen-bond acceptors (Lipinski definition) is 3. The van der Waals surface area contributed by atoms with Crippen LogP contribution < -0.4 is 10.6 Å². The zero-order chi connectivity index (χ0) is 17.2. The van der Waals surface area contributed by atoms with Crippen molar-refractivity contribution in [2.75, 3.05) is 46.3 Å². The van der Waals surface area contributed by atoms with Gasteiger partial charge < -0.3 is 15.5 Å². The van der Waals surface area contributed by atoms with Gasteiger partial charge in [0, 0.05) is 52.4 Å². The Morgan fingerprint density at radius 3 is 2.32 bits per heavy atom. The third kappa shape index (κ3) is 8.87. The van der Waals surface area contributed by atoms with Crippen molar-refractivity contribution in [3.05, 3.63) is 35.9 Å². The van der Waals surface area contributed by atoms with Crippen LogP contribution in [0.3, 0.4) is 0 Å². The van der Waals surface area contributed by atoms with Gasteiger partial charge in [-0.25, -0.2) is 0 Å². The van der Waals surface area contributed by atoms with Crippen LogP contribution in [0.25, 0.3) is 0 Å². The molecule has 5 nitrogen and oxygen atoms in total. The number of guanidine groups is 1. The molecule has 0 unspecified atom stereocenters. The van der Waals surface area contributed by atoms with Gasteiger partial charge in [-0.1, -0.05) is 30.3 Å². The fourth-order valence-corrected chi connectivity index (χ4v) is 2.99. The van der Waals surface area contributed by atoms with Gasteiger partial charge in [-0.3, -0.25) is 9.89 Å². The predicted octanol–water partition coefficient (Wildman–Crippen LogP) is 2.39. The molecule has 2 rings (SSSR count). The lowest BCUT2D eigenvalue weighted by Gasteiger charge is -2.34. The van der Waals surface area contributed by atoms with Gasteiger partial charge in [0.2, 0.25) is 0 Å². The summed E-state index contributed by atoms with van der Waals surface area (Å²) < 4.78 is 0. The minimum absolute atomic E-state index is 0. The summed E-state index contributed by atoms with van der Waals surface area (Å²) in [5.74, 6) is 0.901. The van der Waals surface area contributed by atoms with Crippen LogP contribution in [-0.2, 0) is 6.54 Å². The first-order valence-electron chi connectivity index (χ1n) is 9.13. The first-order valence-corrected chi connectivity index (χ1v) is 9.13. The van der Waals surface area contributed by atoms with Crippen LogP contribution >= 0.6 is 24.0 Å². The zero-order valence-corrected chi connectivity index (χ0v) is 18.2. The van der Waals surface area contributed by atoms with E-state index < -0.39 is 0 Å². The van der Waals surface area contributed by atoms with E-state index in [9.17, 15) is 0 Å². The molecule has 1 fully saturated rings. The van der Waals surface area contributed by atoms with Crippen molar-refractivity contribution in [2.45, 2.75) is 32.9 Å². The molecule has 6 heteroatoms. The van der Waals surface area contributed by atoms with Crippen LogP contribution in [0.15, 0.2) is 35.3 Å². The van der Waals surface area contributed by atoms with Crippen LogP contribution in [0.2, 0.25) is 0 Å². The second kappa shape index (κ2) is 12.5. The summed E-state index contributed by atoms with van der Waals surface area (Å²) in [6.07, 6.45) is 1.15. The lowest BCUT2D eigenvalue weighted by Crippen LogP contribution is -2.47. The molecule has 1 aliphatic rings. The van der Waals surface area contributed by atoms with E-state index >= 15 is 0 Å². The highest BCUT2D eigenvalue weighted by Crippen LogP contribution is 2.08. The van der Waals surface area contributed by atoms with Gasteiger partial charge in [-0.2, -0.15) is 0 Å². The summed E-state index contributed by atoms with van der Waals surface area (Å²) in [7, 11) is 1.82. The first-order chi connectivity index (χ1) is 11.7. The molecule has 0 aromatic heterocycles.